The molecule has 0 saturated heterocycles. The molecule has 14 heavy (non-hydrogen) atoms. The second-order valence-electron chi connectivity index (χ2n) is 3.23. The van der Waals surface area contributed by atoms with Gasteiger partial charge in [-0.3, -0.25) is 4.99 Å². The maximum Gasteiger partial charge on any atom is 0.146 e. The quantitative estimate of drug-likeness (QED) is 0.625. The van der Waals surface area contributed by atoms with E-state index in [9.17, 15) is 0 Å². The minimum atomic E-state index is 0.364. The van der Waals surface area contributed by atoms with Crippen LogP contribution in [-0.4, -0.2) is 16.9 Å². The molecule has 1 saturated carbocycles. The molecule has 1 aromatic rings. The van der Waals surface area contributed by atoms with Gasteiger partial charge in [0.15, 0.2) is 0 Å². The van der Waals surface area contributed by atoms with E-state index in [0.29, 0.717) is 27.6 Å². The molecular weight excluding hydrogens is 221 g/mol. The molecule has 5 heteroatoms. The SMILES string of the molecule is NC(=NC1CC1)c1ncc(Cl)cc1Cl. The van der Waals surface area contributed by atoms with Crippen molar-refractivity contribution in [2.24, 2.45) is 10.7 Å². The van der Waals surface area contributed by atoms with E-state index in [1.54, 1.807) is 6.07 Å². The van der Waals surface area contributed by atoms with Crippen molar-refractivity contribution >= 4 is 29.0 Å². The van der Waals surface area contributed by atoms with Gasteiger partial charge in [0, 0.05) is 6.20 Å². The molecule has 1 aromatic heterocycles. The fourth-order valence-corrected chi connectivity index (χ4v) is 1.54. The number of halogens is 2. The Morgan fingerprint density at radius 3 is 2.79 bits per heavy atom. The third-order valence-electron chi connectivity index (χ3n) is 1.92. The third-order valence-corrected chi connectivity index (χ3v) is 2.41. The first-order valence-corrected chi connectivity index (χ1v) is 5.07. The summed E-state index contributed by atoms with van der Waals surface area (Å²) in [6, 6.07) is 1.98. The Bertz CT molecular complexity index is 386. The van der Waals surface area contributed by atoms with Crippen LogP contribution < -0.4 is 5.73 Å². The fourth-order valence-electron chi connectivity index (χ4n) is 1.06. The third kappa shape index (κ3) is 2.16. The first kappa shape index (κ1) is 9.74. The van der Waals surface area contributed by atoms with Crippen LogP contribution in [-0.2, 0) is 0 Å². The lowest BCUT2D eigenvalue weighted by Gasteiger charge is -2.02. The average molecular weight is 230 g/mol. The largest absolute Gasteiger partial charge is 0.382 e. The number of amidine groups is 1. The number of nitrogens with zero attached hydrogens (tertiary/aromatic N) is 2. The summed E-state index contributed by atoms with van der Waals surface area (Å²) in [4.78, 5) is 8.29. The van der Waals surface area contributed by atoms with Crippen LogP contribution in [0.15, 0.2) is 17.3 Å². The highest BCUT2D eigenvalue weighted by Crippen LogP contribution is 2.25. The predicted molar refractivity (Wildman–Crippen MR) is 58.0 cm³/mol. The molecule has 0 unspecified atom stereocenters. The van der Waals surface area contributed by atoms with Gasteiger partial charge in [-0.15, -0.1) is 0 Å². The van der Waals surface area contributed by atoms with Gasteiger partial charge in [-0.1, -0.05) is 23.2 Å². The Kier molecular flexibility index (Phi) is 2.61. The second-order valence-corrected chi connectivity index (χ2v) is 4.07. The van der Waals surface area contributed by atoms with Crippen molar-refractivity contribution in [1.29, 1.82) is 0 Å². The number of hydrogen-bond acceptors (Lipinski definition) is 2. The maximum atomic E-state index is 5.92. The molecule has 0 amide bonds. The average Bonchev–Trinajstić information content (AvgIpc) is 2.87. The predicted octanol–water partition coefficient (Wildman–Crippen LogP) is 2.26. The molecule has 0 atom stereocenters. The molecule has 2 N–H and O–H groups in total. The van der Waals surface area contributed by atoms with E-state index in [4.69, 9.17) is 28.9 Å². The molecule has 0 bridgehead atoms. The van der Waals surface area contributed by atoms with Crippen LogP contribution in [0.4, 0.5) is 0 Å². The highest BCUT2D eigenvalue weighted by atomic mass is 35.5. The summed E-state index contributed by atoms with van der Waals surface area (Å²) in [5, 5.41) is 0.942. The van der Waals surface area contributed by atoms with Crippen molar-refractivity contribution in [3.8, 4) is 0 Å². The van der Waals surface area contributed by atoms with Crippen LogP contribution >= 0.6 is 23.2 Å². The number of pyridine rings is 1. The fraction of sp³-hybridized carbons (Fsp3) is 0.333. The molecule has 2 rings (SSSR count). The normalized spacial score (nSPS) is 17.1. The van der Waals surface area contributed by atoms with E-state index < -0.39 is 0 Å². The van der Waals surface area contributed by atoms with Crippen LogP contribution in [0.25, 0.3) is 0 Å². The lowest BCUT2D eigenvalue weighted by Crippen LogP contribution is -2.16. The first-order valence-electron chi connectivity index (χ1n) is 4.31. The zero-order valence-electron chi connectivity index (χ0n) is 7.37. The molecule has 1 aliphatic rings. The van der Waals surface area contributed by atoms with Gasteiger partial charge >= 0.3 is 0 Å². The Balaban J connectivity index is 2.30. The van der Waals surface area contributed by atoms with Crippen LogP contribution in [0.1, 0.15) is 18.5 Å². The molecule has 1 fully saturated rings. The molecule has 1 heterocycles. The van der Waals surface area contributed by atoms with Crippen molar-refractivity contribution in [2.45, 2.75) is 18.9 Å². The van der Waals surface area contributed by atoms with Crippen LogP contribution in [0.5, 0.6) is 0 Å². The minimum absolute atomic E-state index is 0.364. The lowest BCUT2D eigenvalue weighted by atomic mass is 10.3. The number of aliphatic imine (C=N–C) groups is 1. The van der Waals surface area contributed by atoms with Gasteiger partial charge in [-0.25, -0.2) is 4.98 Å². The summed E-state index contributed by atoms with van der Waals surface area (Å²) in [7, 11) is 0. The zero-order valence-corrected chi connectivity index (χ0v) is 8.89. The highest BCUT2D eigenvalue weighted by Gasteiger charge is 2.21. The maximum absolute atomic E-state index is 5.92. The number of aromatic nitrogens is 1. The van der Waals surface area contributed by atoms with Gasteiger partial charge in [-0.05, 0) is 18.9 Å². The minimum Gasteiger partial charge on any atom is -0.382 e. The number of hydrogen-bond donors (Lipinski definition) is 1. The smallest absolute Gasteiger partial charge is 0.146 e. The summed E-state index contributed by atoms with van der Waals surface area (Å²) in [5.74, 6) is 0.397. The standard InChI is InChI=1S/C9H9Cl2N3/c10-5-3-7(11)8(13-4-5)9(12)14-6-1-2-6/h3-4,6H,1-2H2,(H2,12,14). The van der Waals surface area contributed by atoms with Gasteiger partial charge in [0.05, 0.1) is 16.1 Å². The molecule has 0 radical (unpaired) electrons. The molecule has 1 aliphatic carbocycles. The number of nitrogens with two attached hydrogens (primary N) is 1. The molecule has 0 aliphatic heterocycles. The summed E-state index contributed by atoms with van der Waals surface area (Å²) >= 11 is 11.6. The van der Waals surface area contributed by atoms with Gasteiger partial charge < -0.3 is 5.73 Å². The lowest BCUT2D eigenvalue weighted by molar-refractivity contribution is 1.05. The van der Waals surface area contributed by atoms with Crippen molar-refractivity contribution in [3.63, 3.8) is 0 Å². The van der Waals surface area contributed by atoms with Gasteiger partial charge in [0.25, 0.3) is 0 Å². The van der Waals surface area contributed by atoms with Crippen LogP contribution in [0, 0.1) is 0 Å². The Morgan fingerprint density at radius 1 is 1.50 bits per heavy atom. The van der Waals surface area contributed by atoms with E-state index in [2.05, 4.69) is 9.98 Å². The second kappa shape index (κ2) is 3.75. The van der Waals surface area contributed by atoms with E-state index in [0.717, 1.165) is 12.8 Å². The Morgan fingerprint density at radius 2 is 2.21 bits per heavy atom. The van der Waals surface area contributed by atoms with Crippen molar-refractivity contribution in [2.75, 3.05) is 0 Å². The van der Waals surface area contributed by atoms with E-state index in [1.807, 2.05) is 0 Å². The van der Waals surface area contributed by atoms with Crippen molar-refractivity contribution in [3.05, 3.63) is 28.0 Å². The van der Waals surface area contributed by atoms with Crippen LogP contribution in [0.2, 0.25) is 10.0 Å². The van der Waals surface area contributed by atoms with E-state index in [1.165, 1.54) is 6.20 Å². The molecule has 3 nitrogen and oxygen atoms in total. The molecule has 74 valence electrons. The van der Waals surface area contributed by atoms with Crippen molar-refractivity contribution in [1.82, 2.24) is 4.98 Å². The summed E-state index contributed by atoms with van der Waals surface area (Å²) in [6.45, 7) is 0. The molecule has 0 spiro atoms. The van der Waals surface area contributed by atoms with E-state index in [-0.39, 0.29) is 0 Å². The van der Waals surface area contributed by atoms with Crippen LogP contribution in [0.3, 0.4) is 0 Å². The van der Waals surface area contributed by atoms with Gasteiger partial charge in [0.2, 0.25) is 0 Å². The zero-order chi connectivity index (χ0) is 10.1. The Hall–Kier alpha value is -0.800. The molecular formula is C9H9Cl2N3. The summed E-state index contributed by atoms with van der Waals surface area (Å²) in [5.41, 5.74) is 6.26. The monoisotopic (exact) mass is 229 g/mol. The highest BCUT2D eigenvalue weighted by molar-refractivity contribution is 6.36. The van der Waals surface area contributed by atoms with Gasteiger partial charge in [0.1, 0.15) is 11.5 Å². The topological polar surface area (TPSA) is 51.3 Å². The summed E-state index contributed by atoms with van der Waals surface area (Å²) in [6.07, 6.45) is 3.72. The first-order chi connectivity index (χ1) is 6.66. The number of rotatable bonds is 2. The summed E-state index contributed by atoms with van der Waals surface area (Å²) < 4.78 is 0. The Labute approximate surface area is 91.9 Å². The van der Waals surface area contributed by atoms with Gasteiger partial charge in [-0.2, -0.15) is 0 Å². The van der Waals surface area contributed by atoms with Crippen molar-refractivity contribution < 1.29 is 0 Å². The molecule has 0 aromatic carbocycles. The van der Waals surface area contributed by atoms with E-state index >= 15 is 0 Å².